The number of amides is 2. The quantitative estimate of drug-likeness (QED) is 0.509. The van der Waals surface area contributed by atoms with Gasteiger partial charge in [-0.3, -0.25) is 9.59 Å². The van der Waals surface area contributed by atoms with E-state index in [0.29, 0.717) is 31.8 Å². The van der Waals surface area contributed by atoms with E-state index in [-0.39, 0.29) is 29.9 Å². The normalized spacial score (nSPS) is 17.5. The van der Waals surface area contributed by atoms with Crippen molar-refractivity contribution in [3.8, 4) is 5.75 Å². The van der Waals surface area contributed by atoms with Gasteiger partial charge in [0, 0.05) is 14.1 Å². The van der Waals surface area contributed by atoms with Gasteiger partial charge in [-0.25, -0.2) is 12.7 Å². The first-order valence-electron chi connectivity index (χ1n) is 9.49. The number of thiocarbonyl (C=S) groups is 1. The van der Waals surface area contributed by atoms with E-state index >= 15 is 0 Å². The van der Waals surface area contributed by atoms with Crippen LogP contribution < -0.4 is 15.0 Å². The van der Waals surface area contributed by atoms with Crippen LogP contribution in [-0.4, -0.2) is 49.6 Å². The van der Waals surface area contributed by atoms with Crippen molar-refractivity contribution in [1.29, 1.82) is 0 Å². The standard InChI is InChI=1S/C21H19N3O5S3/c1-23(2)32(27,28)15-5-3-4-14(8-15)11-24-16-9-13(6-7-17(16)29-12-19(24)25)10-18-20(26)22-21(30)31-18/h3-10H,11-12H2,1-2H3,(H,22,26,30). The number of ether oxygens (including phenoxy) is 1. The Labute approximate surface area is 195 Å². The van der Waals surface area contributed by atoms with Gasteiger partial charge in [0.15, 0.2) is 6.61 Å². The maximum atomic E-state index is 12.7. The monoisotopic (exact) mass is 489 g/mol. The maximum Gasteiger partial charge on any atom is 0.265 e. The lowest BCUT2D eigenvalue weighted by atomic mass is 10.1. The zero-order valence-electron chi connectivity index (χ0n) is 17.2. The Balaban J connectivity index is 1.67. The molecular weight excluding hydrogens is 470 g/mol. The topological polar surface area (TPSA) is 96.0 Å². The molecule has 0 bridgehead atoms. The fourth-order valence-corrected chi connectivity index (χ4v) is 5.27. The number of hydrogen-bond donors (Lipinski definition) is 1. The summed E-state index contributed by atoms with van der Waals surface area (Å²) in [6, 6.07) is 11.8. The molecule has 0 atom stereocenters. The number of hydrogen-bond acceptors (Lipinski definition) is 7. The minimum Gasteiger partial charge on any atom is -0.482 e. The van der Waals surface area contributed by atoms with E-state index in [4.69, 9.17) is 17.0 Å². The van der Waals surface area contributed by atoms with Crippen LogP contribution in [0, 0.1) is 0 Å². The first-order chi connectivity index (χ1) is 15.1. The van der Waals surface area contributed by atoms with Crippen molar-refractivity contribution in [1.82, 2.24) is 9.62 Å². The fourth-order valence-electron chi connectivity index (χ4n) is 3.25. The molecule has 2 heterocycles. The average Bonchev–Trinajstić information content (AvgIpc) is 3.07. The molecule has 1 fully saturated rings. The van der Waals surface area contributed by atoms with Crippen LogP contribution >= 0.6 is 24.0 Å². The highest BCUT2D eigenvalue weighted by molar-refractivity contribution is 8.26. The minimum absolute atomic E-state index is 0.115. The number of benzene rings is 2. The van der Waals surface area contributed by atoms with Crippen LogP contribution in [0.25, 0.3) is 6.08 Å². The highest BCUT2D eigenvalue weighted by Gasteiger charge is 2.27. The number of carbonyl (C=O) groups is 2. The van der Waals surface area contributed by atoms with E-state index < -0.39 is 10.0 Å². The number of anilines is 1. The van der Waals surface area contributed by atoms with Gasteiger partial charge in [-0.05, 0) is 41.5 Å². The molecule has 2 amide bonds. The van der Waals surface area contributed by atoms with Crippen molar-refractivity contribution >= 4 is 61.9 Å². The van der Waals surface area contributed by atoms with Crippen LogP contribution in [-0.2, 0) is 26.2 Å². The van der Waals surface area contributed by atoms with E-state index in [1.54, 1.807) is 47.4 Å². The second-order valence-electron chi connectivity index (χ2n) is 7.28. The number of sulfonamides is 1. The highest BCUT2D eigenvalue weighted by atomic mass is 32.2. The molecular formula is C21H19N3O5S3. The zero-order valence-corrected chi connectivity index (χ0v) is 19.6. The molecule has 2 aromatic carbocycles. The first-order valence-corrected chi connectivity index (χ1v) is 12.1. The van der Waals surface area contributed by atoms with Crippen LogP contribution in [0.4, 0.5) is 5.69 Å². The Morgan fingerprint density at radius 3 is 2.69 bits per heavy atom. The first kappa shape index (κ1) is 22.5. The molecule has 8 nitrogen and oxygen atoms in total. The van der Waals surface area contributed by atoms with E-state index in [1.165, 1.54) is 31.9 Å². The van der Waals surface area contributed by atoms with Crippen molar-refractivity contribution in [2.75, 3.05) is 25.6 Å². The third-order valence-electron chi connectivity index (χ3n) is 4.88. The molecule has 166 valence electrons. The summed E-state index contributed by atoms with van der Waals surface area (Å²) in [7, 11) is -0.662. The van der Waals surface area contributed by atoms with Crippen LogP contribution in [0.15, 0.2) is 52.3 Å². The molecule has 0 spiro atoms. The molecule has 2 aliphatic rings. The van der Waals surface area contributed by atoms with Gasteiger partial charge in [-0.15, -0.1) is 0 Å². The van der Waals surface area contributed by atoms with Gasteiger partial charge < -0.3 is 15.0 Å². The summed E-state index contributed by atoms with van der Waals surface area (Å²) in [6.45, 7) is 0.0565. The molecule has 1 saturated heterocycles. The lowest BCUT2D eigenvalue weighted by molar-refractivity contribution is -0.121. The van der Waals surface area contributed by atoms with Crippen LogP contribution in [0.1, 0.15) is 11.1 Å². The Hall–Kier alpha value is -2.73. The Bertz CT molecular complexity index is 1270. The molecule has 0 aromatic heterocycles. The van der Waals surface area contributed by atoms with Crippen molar-refractivity contribution in [3.63, 3.8) is 0 Å². The summed E-state index contributed by atoms with van der Waals surface area (Å²) < 4.78 is 32.0. The van der Waals surface area contributed by atoms with Crippen molar-refractivity contribution in [2.24, 2.45) is 0 Å². The van der Waals surface area contributed by atoms with Crippen LogP contribution in [0.5, 0.6) is 5.75 Å². The SMILES string of the molecule is CN(C)S(=O)(=O)c1cccc(CN2C(=O)COc3ccc(C=C4SC(=S)NC4=O)cc32)c1. The van der Waals surface area contributed by atoms with Crippen molar-refractivity contribution in [3.05, 3.63) is 58.5 Å². The molecule has 1 N–H and O–H groups in total. The summed E-state index contributed by atoms with van der Waals surface area (Å²) >= 11 is 6.19. The fraction of sp³-hybridized carbons (Fsp3) is 0.190. The van der Waals surface area contributed by atoms with E-state index in [1.807, 2.05) is 0 Å². The highest BCUT2D eigenvalue weighted by Crippen LogP contribution is 2.36. The largest absolute Gasteiger partial charge is 0.482 e. The molecule has 0 unspecified atom stereocenters. The number of nitrogens with one attached hydrogen (secondary N) is 1. The zero-order chi connectivity index (χ0) is 23.0. The van der Waals surface area contributed by atoms with Crippen molar-refractivity contribution < 1.29 is 22.7 Å². The third kappa shape index (κ3) is 4.42. The predicted octanol–water partition coefficient (Wildman–Crippen LogP) is 2.35. The lowest BCUT2D eigenvalue weighted by Crippen LogP contribution is -2.38. The average molecular weight is 490 g/mol. The van der Waals surface area contributed by atoms with Crippen LogP contribution in [0.2, 0.25) is 0 Å². The van der Waals surface area contributed by atoms with Crippen LogP contribution in [0.3, 0.4) is 0 Å². The molecule has 0 aliphatic carbocycles. The number of nitrogens with zero attached hydrogens (tertiary/aromatic N) is 2. The van der Waals surface area contributed by atoms with Gasteiger partial charge in [0.25, 0.3) is 11.8 Å². The summed E-state index contributed by atoms with van der Waals surface area (Å²) in [5.41, 5.74) is 1.91. The maximum absolute atomic E-state index is 12.7. The third-order valence-corrected chi connectivity index (χ3v) is 7.86. The summed E-state index contributed by atoms with van der Waals surface area (Å²) in [5, 5.41) is 2.57. The second kappa shape index (κ2) is 8.66. The molecule has 11 heteroatoms. The van der Waals surface area contributed by atoms with Gasteiger partial charge in [0.2, 0.25) is 10.0 Å². The summed E-state index contributed by atoms with van der Waals surface area (Å²) in [6.07, 6.45) is 1.70. The number of fused-ring (bicyclic) bond motifs is 1. The summed E-state index contributed by atoms with van der Waals surface area (Å²) in [4.78, 5) is 26.8. The molecule has 2 aromatic rings. The van der Waals surface area contributed by atoms with Gasteiger partial charge in [0.05, 0.1) is 22.0 Å². The minimum atomic E-state index is -3.60. The Kier molecular flexibility index (Phi) is 6.08. The summed E-state index contributed by atoms with van der Waals surface area (Å²) in [5.74, 6) is 0.0148. The Morgan fingerprint density at radius 1 is 1.22 bits per heavy atom. The number of rotatable bonds is 5. The van der Waals surface area contributed by atoms with Crippen molar-refractivity contribution in [2.45, 2.75) is 11.4 Å². The molecule has 32 heavy (non-hydrogen) atoms. The van der Waals surface area contributed by atoms with Gasteiger partial charge in [-0.2, -0.15) is 0 Å². The molecule has 4 rings (SSSR count). The predicted molar refractivity (Wildman–Crippen MR) is 127 cm³/mol. The van der Waals surface area contributed by atoms with Gasteiger partial charge in [0.1, 0.15) is 10.1 Å². The smallest absolute Gasteiger partial charge is 0.265 e. The van der Waals surface area contributed by atoms with Gasteiger partial charge in [-0.1, -0.05) is 42.2 Å². The molecule has 0 radical (unpaired) electrons. The lowest BCUT2D eigenvalue weighted by Gasteiger charge is -2.30. The number of carbonyl (C=O) groups excluding carboxylic acids is 2. The second-order valence-corrected chi connectivity index (χ2v) is 11.2. The van der Waals surface area contributed by atoms with E-state index in [0.717, 1.165) is 4.31 Å². The van der Waals surface area contributed by atoms with E-state index in [2.05, 4.69) is 5.32 Å². The molecule has 2 aliphatic heterocycles. The molecule has 0 saturated carbocycles. The number of thioether (sulfide) groups is 1. The van der Waals surface area contributed by atoms with E-state index in [9.17, 15) is 18.0 Å². The Morgan fingerprint density at radius 2 is 2.00 bits per heavy atom. The van der Waals surface area contributed by atoms with Gasteiger partial charge >= 0.3 is 0 Å².